The summed E-state index contributed by atoms with van der Waals surface area (Å²) in [6.07, 6.45) is 4.50. The van der Waals surface area contributed by atoms with E-state index in [1.165, 1.54) is 12.1 Å². The van der Waals surface area contributed by atoms with Gasteiger partial charge in [-0.05, 0) is 50.2 Å². The Morgan fingerprint density at radius 2 is 2.19 bits per heavy atom. The van der Waals surface area contributed by atoms with Crippen molar-refractivity contribution in [1.29, 1.82) is 10.5 Å². The van der Waals surface area contributed by atoms with Crippen LogP contribution in [0.3, 0.4) is 0 Å². The molecule has 1 saturated carbocycles. The van der Waals surface area contributed by atoms with Gasteiger partial charge >= 0.3 is 0 Å². The summed E-state index contributed by atoms with van der Waals surface area (Å²) >= 11 is 0. The maximum Gasteiger partial charge on any atom is 0.237 e. The second-order valence-corrected chi connectivity index (χ2v) is 7.20. The Labute approximate surface area is 158 Å². The summed E-state index contributed by atoms with van der Waals surface area (Å²) in [4.78, 5) is 13.9. The number of rotatable bonds is 6. The highest BCUT2D eigenvalue weighted by molar-refractivity contribution is 5.79. The Morgan fingerprint density at radius 3 is 2.93 bits per heavy atom. The van der Waals surface area contributed by atoms with Crippen molar-refractivity contribution in [2.45, 2.75) is 44.2 Å². The molecule has 27 heavy (non-hydrogen) atoms. The van der Waals surface area contributed by atoms with Crippen LogP contribution >= 0.6 is 0 Å². The van der Waals surface area contributed by atoms with Gasteiger partial charge in [0.25, 0.3) is 0 Å². The molecule has 0 unspecified atom stereocenters. The average molecular weight is 370 g/mol. The van der Waals surface area contributed by atoms with Gasteiger partial charge in [0.1, 0.15) is 23.7 Å². The number of ether oxygens (including phenoxy) is 1. The van der Waals surface area contributed by atoms with Gasteiger partial charge in [0.2, 0.25) is 5.91 Å². The summed E-state index contributed by atoms with van der Waals surface area (Å²) in [5, 5.41) is 21.1. The first-order chi connectivity index (χ1) is 13.1. The van der Waals surface area contributed by atoms with Crippen LogP contribution in [0.15, 0.2) is 18.2 Å². The molecule has 3 atom stereocenters. The number of amides is 1. The van der Waals surface area contributed by atoms with Crippen LogP contribution in [0.2, 0.25) is 0 Å². The minimum atomic E-state index is -0.572. The molecular formula is C20H23FN4O2. The van der Waals surface area contributed by atoms with Gasteiger partial charge in [-0.3, -0.25) is 4.79 Å². The van der Waals surface area contributed by atoms with E-state index < -0.39 is 5.82 Å². The molecule has 0 radical (unpaired) electrons. The van der Waals surface area contributed by atoms with Gasteiger partial charge in [-0.25, -0.2) is 4.39 Å². The lowest BCUT2D eigenvalue weighted by Crippen LogP contribution is -2.42. The first-order valence-corrected chi connectivity index (χ1v) is 9.35. The lowest BCUT2D eigenvalue weighted by Gasteiger charge is -2.21. The zero-order chi connectivity index (χ0) is 19.2. The molecule has 1 aromatic rings. The highest BCUT2D eigenvalue weighted by Gasteiger charge is 2.30. The Balaban J connectivity index is 1.40. The molecule has 1 N–H and O–H groups in total. The number of carbonyl (C=O) groups is 1. The van der Waals surface area contributed by atoms with E-state index in [1.54, 1.807) is 17.0 Å². The highest BCUT2D eigenvalue weighted by Crippen LogP contribution is 2.27. The van der Waals surface area contributed by atoms with E-state index >= 15 is 0 Å². The molecule has 1 heterocycles. The molecule has 1 amide bonds. The largest absolute Gasteiger partial charge is 0.493 e. The van der Waals surface area contributed by atoms with Gasteiger partial charge in [-0.15, -0.1) is 0 Å². The van der Waals surface area contributed by atoms with Gasteiger partial charge in [0, 0.05) is 18.7 Å². The smallest absolute Gasteiger partial charge is 0.237 e. The van der Waals surface area contributed by atoms with Crippen LogP contribution in [0, 0.1) is 34.4 Å². The lowest BCUT2D eigenvalue weighted by molar-refractivity contribution is -0.130. The average Bonchev–Trinajstić information content (AvgIpc) is 3.33. The third kappa shape index (κ3) is 4.75. The zero-order valence-corrected chi connectivity index (χ0v) is 15.2. The van der Waals surface area contributed by atoms with Crippen molar-refractivity contribution in [1.82, 2.24) is 10.2 Å². The molecule has 0 bridgehead atoms. The number of likely N-dealkylation sites (tertiary alicyclic amines) is 1. The number of hydrogen-bond donors (Lipinski definition) is 1. The molecule has 142 valence electrons. The van der Waals surface area contributed by atoms with E-state index in [9.17, 15) is 9.18 Å². The van der Waals surface area contributed by atoms with Crippen LogP contribution in [0.1, 0.15) is 37.7 Å². The monoisotopic (exact) mass is 370 g/mol. The highest BCUT2D eigenvalue weighted by atomic mass is 19.1. The number of nitrogens with one attached hydrogen (secondary N) is 1. The van der Waals surface area contributed by atoms with E-state index in [2.05, 4.69) is 11.4 Å². The number of halogens is 1. The van der Waals surface area contributed by atoms with Crippen molar-refractivity contribution in [3.63, 3.8) is 0 Å². The van der Waals surface area contributed by atoms with Gasteiger partial charge < -0.3 is 15.0 Å². The summed E-state index contributed by atoms with van der Waals surface area (Å²) in [6, 6.07) is 8.21. The molecule has 3 rings (SSSR count). The molecule has 1 aromatic carbocycles. The minimum Gasteiger partial charge on any atom is -0.493 e. The minimum absolute atomic E-state index is 0.00759. The summed E-state index contributed by atoms with van der Waals surface area (Å²) in [5.74, 6) is 0.188. The maximum atomic E-state index is 13.6. The molecule has 7 heteroatoms. The van der Waals surface area contributed by atoms with Crippen molar-refractivity contribution >= 4 is 5.91 Å². The van der Waals surface area contributed by atoms with E-state index in [1.807, 2.05) is 0 Å². The van der Waals surface area contributed by atoms with E-state index in [-0.39, 0.29) is 30.1 Å². The zero-order valence-electron chi connectivity index (χ0n) is 15.2. The van der Waals surface area contributed by atoms with Crippen LogP contribution < -0.4 is 10.1 Å². The van der Waals surface area contributed by atoms with Crippen molar-refractivity contribution in [2.24, 2.45) is 5.92 Å². The van der Waals surface area contributed by atoms with E-state index in [0.29, 0.717) is 24.8 Å². The molecule has 2 fully saturated rings. The third-order valence-electron chi connectivity index (χ3n) is 5.35. The quantitative estimate of drug-likeness (QED) is 0.830. The molecule has 1 aliphatic heterocycles. The summed E-state index contributed by atoms with van der Waals surface area (Å²) in [6.45, 7) is 1.42. The Hall–Kier alpha value is -2.64. The maximum absolute atomic E-state index is 13.6. The Morgan fingerprint density at radius 1 is 1.33 bits per heavy atom. The number of benzene rings is 1. The van der Waals surface area contributed by atoms with Crippen molar-refractivity contribution in [3.05, 3.63) is 29.6 Å². The fourth-order valence-corrected chi connectivity index (χ4v) is 3.83. The molecule has 6 nitrogen and oxygen atoms in total. The first-order valence-electron chi connectivity index (χ1n) is 9.35. The van der Waals surface area contributed by atoms with E-state index in [0.717, 1.165) is 32.1 Å². The van der Waals surface area contributed by atoms with Crippen LogP contribution in [0.25, 0.3) is 0 Å². The Bertz CT molecular complexity index is 770. The first kappa shape index (κ1) is 19.1. The van der Waals surface area contributed by atoms with Gasteiger partial charge in [-0.1, -0.05) is 0 Å². The van der Waals surface area contributed by atoms with Crippen LogP contribution in [-0.4, -0.2) is 42.6 Å². The predicted octanol–water partition coefficient (Wildman–Crippen LogP) is 2.35. The molecule has 1 aliphatic carbocycles. The van der Waals surface area contributed by atoms with Gasteiger partial charge in [0.05, 0.1) is 24.8 Å². The molecule has 2 aliphatic rings. The van der Waals surface area contributed by atoms with Crippen molar-refractivity contribution in [2.75, 3.05) is 19.7 Å². The fourth-order valence-electron chi connectivity index (χ4n) is 3.83. The standard InChI is InChI=1S/C20H23FN4O2/c21-19-9-18(6-4-15(19)10-22)27-13-14-3-5-16(8-14)24-12-20(26)25-7-1-2-17(25)11-23/h4,6,9,14,16-17,24H,1-3,5,7-8,12-13H2/t14-,16+,17-/m0/s1. The second-order valence-electron chi connectivity index (χ2n) is 7.20. The Kier molecular flexibility index (Phi) is 6.26. The number of nitrogens with zero attached hydrogens (tertiary/aromatic N) is 3. The van der Waals surface area contributed by atoms with Crippen LogP contribution in [0.5, 0.6) is 5.75 Å². The molecule has 0 spiro atoms. The third-order valence-corrected chi connectivity index (χ3v) is 5.35. The second kappa shape index (κ2) is 8.83. The number of carbonyl (C=O) groups excluding carboxylic acids is 1. The summed E-state index contributed by atoms with van der Waals surface area (Å²) in [5.41, 5.74) is 0.00814. The van der Waals surface area contributed by atoms with E-state index in [4.69, 9.17) is 15.3 Å². The van der Waals surface area contributed by atoms with Crippen molar-refractivity contribution in [3.8, 4) is 17.9 Å². The normalized spacial score (nSPS) is 24.4. The SMILES string of the molecule is N#Cc1ccc(OC[C@H]2CC[C@@H](NCC(=O)N3CCC[C@H]3C#N)C2)cc1F. The van der Waals surface area contributed by atoms with Crippen molar-refractivity contribution < 1.29 is 13.9 Å². The molecule has 0 aromatic heterocycles. The number of nitriles is 2. The molecule has 1 saturated heterocycles. The summed E-state index contributed by atoms with van der Waals surface area (Å²) < 4.78 is 19.3. The predicted molar refractivity (Wildman–Crippen MR) is 96.1 cm³/mol. The number of hydrogen-bond acceptors (Lipinski definition) is 5. The van der Waals surface area contributed by atoms with Gasteiger partial charge in [-0.2, -0.15) is 10.5 Å². The van der Waals surface area contributed by atoms with Crippen LogP contribution in [0.4, 0.5) is 4.39 Å². The summed E-state index contributed by atoms with van der Waals surface area (Å²) in [7, 11) is 0. The fraction of sp³-hybridized carbons (Fsp3) is 0.550. The topological polar surface area (TPSA) is 89.2 Å². The van der Waals surface area contributed by atoms with Crippen LogP contribution in [-0.2, 0) is 4.79 Å². The van der Waals surface area contributed by atoms with Gasteiger partial charge in [0.15, 0.2) is 0 Å². The lowest BCUT2D eigenvalue weighted by atomic mass is 10.1. The molecular weight excluding hydrogens is 347 g/mol.